The van der Waals surface area contributed by atoms with Crippen molar-refractivity contribution in [2.24, 2.45) is 0 Å². The number of alkyl carbamates (subject to hydrolysis) is 1. The Morgan fingerprint density at radius 2 is 1.96 bits per heavy atom. The largest absolute Gasteiger partial charge is 0.439 e. The maximum Gasteiger partial charge on any atom is 0.408 e. The SMILES string of the molecule is O=C1N[C@H](c2ccnc(C#Cc3cncc(F)c3)c2)[C@@H](c2cccnc2)O1. The maximum atomic E-state index is 13.2. The van der Waals surface area contributed by atoms with Crippen molar-refractivity contribution in [2.45, 2.75) is 12.1 Å². The Labute approximate surface area is 154 Å². The Bertz CT molecular complexity index is 1050. The lowest BCUT2D eigenvalue weighted by atomic mass is 9.98. The van der Waals surface area contributed by atoms with Crippen LogP contribution in [-0.4, -0.2) is 21.0 Å². The Balaban J connectivity index is 1.63. The molecule has 3 aromatic heterocycles. The van der Waals surface area contributed by atoms with Crippen LogP contribution in [0.5, 0.6) is 0 Å². The van der Waals surface area contributed by atoms with Crippen LogP contribution in [0.2, 0.25) is 0 Å². The monoisotopic (exact) mass is 360 g/mol. The lowest BCUT2D eigenvalue weighted by Gasteiger charge is -2.17. The fourth-order valence-electron chi connectivity index (χ4n) is 2.81. The summed E-state index contributed by atoms with van der Waals surface area (Å²) in [6, 6.07) is 8.10. The van der Waals surface area contributed by atoms with E-state index in [9.17, 15) is 9.18 Å². The van der Waals surface area contributed by atoms with Gasteiger partial charge in [0.05, 0.1) is 12.2 Å². The summed E-state index contributed by atoms with van der Waals surface area (Å²) < 4.78 is 18.6. The van der Waals surface area contributed by atoms with Crippen LogP contribution in [0.1, 0.15) is 34.5 Å². The van der Waals surface area contributed by atoms with Gasteiger partial charge in [0, 0.05) is 35.9 Å². The van der Waals surface area contributed by atoms with Gasteiger partial charge in [0.2, 0.25) is 0 Å². The highest BCUT2D eigenvalue weighted by Gasteiger charge is 2.36. The average molecular weight is 360 g/mol. The van der Waals surface area contributed by atoms with Crippen molar-refractivity contribution in [3.05, 3.63) is 89.5 Å². The third kappa shape index (κ3) is 3.75. The van der Waals surface area contributed by atoms with E-state index in [0.29, 0.717) is 11.3 Å². The van der Waals surface area contributed by atoms with Gasteiger partial charge in [-0.3, -0.25) is 9.97 Å². The van der Waals surface area contributed by atoms with E-state index in [1.54, 1.807) is 36.8 Å². The molecule has 1 fully saturated rings. The van der Waals surface area contributed by atoms with Crippen molar-refractivity contribution >= 4 is 6.09 Å². The first kappa shape index (κ1) is 16.7. The third-order valence-corrected chi connectivity index (χ3v) is 4.01. The molecule has 0 radical (unpaired) electrons. The van der Waals surface area contributed by atoms with Gasteiger partial charge in [0.1, 0.15) is 11.5 Å². The van der Waals surface area contributed by atoms with Gasteiger partial charge in [0.15, 0.2) is 6.10 Å². The van der Waals surface area contributed by atoms with Crippen LogP contribution >= 0.6 is 0 Å². The molecule has 4 rings (SSSR count). The number of nitrogens with zero attached hydrogens (tertiary/aromatic N) is 3. The molecule has 27 heavy (non-hydrogen) atoms. The Morgan fingerprint density at radius 1 is 1.04 bits per heavy atom. The lowest BCUT2D eigenvalue weighted by molar-refractivity contribution is 0.132. The van der Waals surface area contributed by atoms with Gasteiger partial charge < -0.3 is 10.1 Å². The van der Waals surface area contributed by atoms with Crippen molar-refractivity contribution in [2.75, 3.05) is 0 Å². The zero-order valence-corrected chi connectivity index (χ0v) is 14.0. The molecule has 0 bridgehead atoms. The molecular formula is C20H13FN4O2. The van der Waals surface area contributed by atoms with E-state index in [1.165, 1.54) is 12.3 Å². The first-order chi connectivity index (χ1) is 13.2. The highest BCUT2D eigenvalue weighted by molar-refractivity contribution is 5.71. The summed E-state index contributed by atoms with van der Waals surface area (Å²) >= 11 is 0. The normalized spacial score (nSPS) is 18.2. The molecule has 2 atom stereocenters. The number of amides is 1. The van der Waals surface area contributed by atoms with Gasteiger partial charge in [-0.1, -0.05) is 12.0 Å². The number of cyclic esters (lactones) is 1. The molecule has 0 spiro atoms. The minimum absolute atomic E-state index is 0.388. The third-order valence-electron chi connectivity index (χ3n) is 4.01. The molecule has 1 amide bonds. The summed E-state index contributed by atoms with van der Waals surface area (Å²) in [6.07, 6.45) is 6.52. The molecular weight excluding hydrogens is 347 g/mol. The standard InChI is InChI=1S/C20H13FN4O2/c21-16-8-13(10-23-12-16)3-4-17-9-14(5-7-24-17)18-19(27-20(26)25-18)15-2-1-6-22-11-15/h1-2,5-12,18-19H,(H,25,26)/t18-,19-/m1/s1. The van der Waals surface area contributed by atoms with Crippen LogP contribution in [0.15, 0.2) is 61.3 Å². The number of nitrogens with one attached hydrogen (secondary N) is 1. The van der Waals surface area contributed by atoms with Crippen LogP contribution in [0.3, 0.4) is 0 Å². The topological polar surface area (TPSA) is 77.0 Å². The zero-order valence-electron chi connectivity index (χ0n) is 14.0. The Kier molecular flexibility index (Phi) is 4.45. The highest BCUT2D eigenvalue weighted by atomic mass is 19.1. The molecule has 132 valence electrons. The lowest BCUT2D eigenvalue weighted by Crippen LogP contribution is -2.19. The van der Waals surface area contributed by atoms with E-state index in [2.05, 4.69) is 32.1 Å². The summed E-state index contributed by atoms with van der Waals surface area (Å²) in [6.45, 7) is 0. The molecule has 1 saturated heterocycles. The van der Waals surface area contributed by atoms with Crippen LogP contribution in [0.4, 0.5) is 9.18 Å². The van der Waals surface area contributed by atoms with Crippen molar-refractivity contribution in [3.8, 4) is 11.8 Å². The van der Waals surface area contributed by atoms with E-state index in [4.69, 9.17) is 4.74 Å². The van der Waals surface area contributed by atoms with Gasteiger partial charge in [-0.15, -0.1) is 0 Å². The number of ether oxygens (including phenoxy) is 1. The number of carbonyl (C=O) groups excluding carboxylic acids is 1. The molecule has 6 nitrogen and oxygen atoms in total. The van der Waals surface area contributed by atoms with Crippen LogP contribution in [0, 0.1) is 17.7 Å². The van der Waals surface area contributed by atoms with Crippen LogP contribution in [-0.2, 0) is 4.74 Å². The number of hydrogen-bond donors (Lipinski definition) is 1. The fourth-order valence-corrected chi connectivity index (χ4v) is 2.81. The number of aromatic nitrogens is 3. The summed E-state index contributed by atoms with van der Waals surface area (Å²) in [5.41, 5.74) is 2.53. The molecule has 1 aliphatic rings. The van der Waals surface area contributed by atoms with Crippen LogP contribution < -0.4 is 5.32 Å². The summed E-state index contributed by atoms with van der Waals surface area (Å²) in [5, 5.41) is 2.80. The second-order valence-electron chi connectivity index (χ2n) is 5.85. The minimum atomic E-state index is -0.498. The van der Waals surface area contributed by atoms with E-state index in [-0.39, 0.29) is 6.04 Å². The molecule has 0 saturated carbocycles. The van der Waals surface area contributed by atoms with Gasteiger partial charge in [-0.2, -0.15) is 0 Å². The number of hydrogen-bond acceptors (Lipinski definition) is 5. The molecule has 1 N–H and O–H groups in total. The fraction of sp³-hybridized carbons (Fsp3) is 0.100. The van der Waals surface area contributed by atoms with Crippen molar-refractivity contribution in [1.29, 1.82) is 0 Å². The first-order valence-corrected chi connectivity index (χ1v) is 8.14. The minimum Gasteiger partial charge on any atom is -0.439 e. The van der Waals surface area contributed by atoms with E-state index in [0.717, 1.165) is 17.3 Å². The van der Waals surface area contributed by atoms with E-state index in [1.807, 2.05) is 6.07 Å². The number of halogens is 1. The average Bonchev–Trinajstić information content (AvgIpc) is 3.09. The predicted octanol–water partition coefficient (Wildman–Crippen LogP) is 2.93. The van der Waals surface area contributed by atoms with Crippen LogP contribution in [0.25, 0.3) is 0 Å². The molecule has 7 heteroatoms. The Hall–Kier alpha value is -3.79. The molecule has 0 aliphatic carbocycles. The van der Waals surface area contributed by atoms with Gasteiger partial charge in [0.25, 0.3) is 0 Å². The smallest absolute Gasteiger partial charge is 0.408 e. The van der Waals surface area contributed by atoms with Gasteiger partial charge in [-0.25, -0.2) is 14.2 Å². The van der Waals surface area contributed by atoms with Gasteiger partial charge in [-0.05, 0) is 35.7 Å². The quantitative estimate of drug-likeness (QED) is 0.711. The summed E-state index contributed by atoms with van der Waals surface area (Å²) in [4.78, 5) is 23.9. The predicted molar refractivity (Wildman–Crippen MR) is 93.7 cm³/mol. The molecule has 0 aromatic carbocycles. The van der Waals surface area contributed by atoms with E-state index >= 15 is 0 Å². The number of carbonyl (C=O) groups is 1. The zero-order chi connectivity index (χ0) is 18.6. The second kappa shape index (κ2) is 7.22. The highest BCUT2D eigenvalue weighted by Crippen LogP contribution is 2.36. The van der Waals surface area contributed by atoms with Gasteiger partial charge >= 0.3 is 6.09 Å². The van der Waals surface area contributed by atoms with Crippen molar-refractivity contribution < 1.29 is 13.9 Å². The van der Waals surface area contributed by atoms with Crippen molar-refractivity contribution in [3.63, 3.8) is 0 Å². The maximum absolute atomic E-state index is 13.2. The summed E-state index contributed by atoms with van der Waals surface area (Å²) in [7, 11) is 0. The van der Waals surface area contributed by atoms with E-state index < -0.39 is 18.0 Å². The Morgan fingerprint density at radius 3 is 2.78 bits per heavy atom. The number of rotatable bonds is 2. The number of pyridine rings is 3. The molecule has 0 unspecified atom stereocenters. The second-order valence-corrected chi connectivity index (χ2v) is 5.85. The molecule has 1 aliphatic heterocycles. The molecule has 4 heterocycles. The van der Waals surface area contributed by atoms with Crippen molar-refractivity contribution in [1.82, 2.24) is 20.3 Å². The summed E-state index contributed by atoms with van der Waals surface area (Å²) in [5.74, 6) is 5.26. The molecule has 3 aromatic rings. The first-order valence-electron chi connectivity index (χ1n) is 8.14.